The third kappa shape index (κ3) is 2.60. The summed E-state index contributed by atoms with van der Waals surface area (Å²) in [6, 6.07) is 14.3. The molecule has 4 rings (SSSR count). The van der Waals surface area contributed by atoms with Gasteiger partial charge in [0.15, 0.2) is 0 Å². The Labute approximate surface area is 154 Å². The van der Waals surface area contributed by atoms with E-state index in [4.69, 9.17) is 0 Å². The minimum Gasteiger partial charge on any atom is -0.329 e. The molecule has 1 fully saturated rings. The van der Waals surface area contributed by atoms with Crippen LogP contribution in [0.1, 0.15) is 51.0 Å². The Kier molecular flexibility index (Phi) is 4.26. The molecule has 0 aliphatic carbocycles. The highest BCUT2D eigenvalue weighted by molar-refractivity contribution is 5.99. The number of carbonyl (C=O) groups is 1. The molecule has 2 aromatic rings. The van der Waals surface area contributed by atoms with Crippen LogP contribution in [0.5, 0.6) is 0 Å². The molecule has 26 heavy (non-hydrogen) atoms. The summed E-state index contributed by atoms with van der Waals surface area (Å²) < 4.78 is 0. The van der Waals surface area contributed by atoms with Crippen molar-refractivity contribution in [2.24, 2.45) is 0 Å². The molecule has 4 heteroatoms. The number of aryl methyl sites for hydroxylation is 2. The van der Waals surface area contributed by atoms with E-state index in [1.807, 2.05) is 36.1 Å². The van der Waals surface area contributed by atoms with Crippen LogP contribution in [0, 0.1) is 18.3 Å². The maximum atomic E-state index is 13.4. The Bertz CT molecular complexity index is 912. The van der Waals surface area contributed by atoms with Gasteiger partial charge in [-0.1, -0.05) is 37.3 Å². The monoisotopic (exact) mass is 345 g/mol. The summed E-state index contributed by atoms with van der Waals surface area (Å²) in [6.45, 7) is 6.38. The number of amides is 1. The van der Waals surface area contributed by atoms with Gasteiger partial charge in [0.1, 0.15) is 0 Å². The third-order valence-corrected chi connectivity index (χ3v) is 5.77. The zero-order chi connectivity index (χ0) is 18.3. The van der Waals surface area contributed by atoms with Gasteiger partial charge in [-0.2, -0.15) is 5.26 Å². The second-order valence-corrected chi connectivity index (χ2v) is 7.26. The molecule has 2 atom stereocenters. The maximum Gasteiger partial charge on any atom is 0.255 e. The van der Waals surface area contributed by atoms with Crippen molar-refractivity contribution in [1.29, 1.82) is 5.26 Å². The Balaban J connectivity index is 1.78. The zero-order valence-electron chi connectivity index (χ0n) is 15.2. The van der Waals surface area contributed by atoms with E-state index >= 15 is 0 Å². The van der Waals surface area contributed by atoms with Crippen molar-refractivity contribution in [2.45, 2.75) is 38.8 Å². The highest BCUT2D eigenvalue weighted by Gasteiger charge is 2.43. The molecule has 2 aliphatic heterocycles. The van der Waals surface area contributed by atoms with Crippen LogP contribution in [0.15, 0.2) is 36.4 Å². The smallest absolute Gasteiger partial charge is 0.255 e. The number of hydrogen-bond acceptors (Lipinski definition) is 3. The fraction of sp³-hybridized carbons (Fsp3) is 0.364. The Morgan fingerprint density at radius 1 is 1.27 bits per heavy atom. The average molecular weight is 345 g/mol. The van der Waals surface area contributed by atoms with Gasteiger partial charge in [-0.3, -0.25) is 4.79 Å². The molecule has 0 spiro atoms. The second-order valence-electron chi connectivity index (χ2n) is 7.26. The summed E-state index contributed by atoms with van der Waals surface area (Å²) in [5, 5.41) is 12.9. The van der Waals surface area contributed by atoms with Crippen LogP contribution in [0.2, 0.25) is 0 Å². The number of nitrogens with one attached hydrogen (secondary N) is 1. The molecule has 0 saturated carbocycles. The molecule has 1 amide bonds. The highest BCUT2D eigenvalue weighted by atomic mass is 16.2. The Hall–Kier alpha value is -2.64. The van der Waals surface area contributed by atoms with E-state index in [0.717, 1.165) is 36.2 Å². The predicted molar refractivity (Wildman–Crippen MR) is 101 cm³/mol. The SMILES string of the molecule is CCc1cc(C)c2c(c1)[C@@H]1CNC[C@H]1N(Cc1ccccc1C#N)C2=O. The minimum atomic E-state index is 0.0952. The standard InChI is InChI=1S/C22H23N3O/c1-3-15-8-14(2)21-18(9-15)19-11-24-12-20(19)25(22(21)26)13-17-7-5-4-6-16(17)10-23/h4-9,19-20,24H,3,11-13H2,1-2H3/t19-,20+/m0/s1. The summed E-state index contributed by atoms with van der Waals surface area (Å²) in [5.41, 5.74) is 5.98. The summed E-state index contributed by atoms with van der Waals surface area (Å²) in [7, 11) is 0. The topological polar surface area (TPSA) is 56.1 Å². The van der Waals surface area contributed by atoms with Gasteiger partial charge in [0.25, 0.3) is 5.91 Å². The van der Waals surface area contributed by atoms with Crippen molar-refractivity contribution in [3.05, 3.63) is 69.8 Å². The van der Waals surface area contributed by atoms with E-state index in [1.54, 1.807) is 0 Å². The van der Waals surface area contributed by atoms with Gasteiger partial charge in [-0.05, 0) is 41.7 Å². The number of hydrogen-bond donors (Lipinski definition) is 1. The normalized spacial score (nSPS) is 21.3. The minimum absolute atomic E-state index is 0.0952. The van der Waals surface area contributed by atoms with Gasteiger partial charge in [0, 0.05) is 31.1 Å². The van der Waals surface area contributed by atoms with Crippen molar-refractivity contribution in [1.82, 2.24) is 10.2 Å². The summed E-state index contributed by atoms with van der Waals surface area (Å²) >= 11 is 0. The zero-order valence-corrected chi connectivity index (χ0v) is 15.2. The molecule has 0 bridgehead atoms. The van der Waals surface area contributed by atoms with E-state index in [0.29, 0.717) is 18.0 Å². The lowest BCUT2D eigenvalue weighted by atomic mass is 9.81. The third-order valence-electron chi connectivity index (χ3n) is 5.77. The van der Waals surface area contributed by atoms with Crippen LogP contribution in [0.3, 0.4) is 0 Å². The van der Waals surface area contributed by atoms with Crippen LogP contribution in [0.25, 0.3) is 0 Å². The number of nitriles is 1. The largest absolute Gasteiger partial charge is 0.329 e. The molecule has 2 aromatic carbocycles. The van der Waals surface area contributed by atoms with Gasteiger partial charge in [-0.25, -0.2) is 0 Å². The van der Waals surface area contributed by atoms with Crippen LogP contribution in [0.4, 0.5) is 0 Å². The second kappa shape index (κ2) is 6.59. The van der Waals surface area contributed by atoms with Crippen molar-refractivity contribution in [3.63, 3.8) is 0 Å². The van der Waals surface area contributed by atoms with Crippen LogP contribution in [-0.2, 0) is 13.0 Å². The molecule has 1 saturated heterocycles. The first-order valence-corrected chi connectivity index (χ1v) is 9.27. The van der Waals surface area contributed by atoms with Gasteiger partial charge in [-0.15, -0.1) is 0 Å². The van der Waals surface area contributed by atoms with Crippen molar-refractivity contribution >= 4 is 5.91 Å². The number of rotatable bonds is 3. The number of carbonyl (C=O) groups excluding carboxylic acids is 1. The fourth-order valence-corrected chi connectivity index (χ4v) is 4.42. The van der Waals surface area contributed by atoms with E-state index in [2.05, 4.69) is 30.4 Å². The molecule has 2 heterocycles. The summed E-state index contributed by atoms with van der Waals surface area (Å²) in [5.74, 6) is 0.417. The lowest BCUT2D eigenvalue weighted by molar-refractivity contribution is 0.0629. The molecule has 1 N–H and O–H groups in total. The highest BCUT2D eigenvalue weighted by Crippen LogP contribution is 2.38. The number of nitrogens with zero attached hydrogens (tertiary/aromatic N) is 2. The van der Waals surface area contributed by atoms with Gasteiger partial charge in [0.2, 0.25) is 0 Å². The van der Waals surface area contributed by atoms with Crippen LogP contribution < -0.4 is 5.32 Å². The summed E-state index contributed by atoms with van der Waals surface area (Å²) in [6.07, 6.45) is 0.979. The van der Waals surface area contributed by atoms with Gasteiger partial charge >= 0.3 is 0 Å². The molecule has 2 aliphatic rings. The number of benzene rings is 2. The molecular weight excluding hydrogens is 322 g/mol. The quantitative estimate of drug-likeness (QED) is 0.930. The van der Waals surface area contributed by atoms with Crippen molar-refractivity contribution < 1.29 is 4.79 Å². The first kappa shape index (κ1) is 16.8. The van der Waals surface area contributed by atoms with Crippen molar-refractivity contribution in [2.75, 3.05) is 13.1 Å². The van der Waals surface area contributed by atoms with E-state index in [1.165, 1.54) is 11.1 Å². The Morgan fingerprint density at radius 3 is 2.85 bits per heavy atom. The Morgan fingerprint density at radius 2 is 2.08 bits per heavy atom. The van der Waals surface area contributed by atoms with Gasteiger partial charge < -0.3 is 10.2 Å². The summed E-state index contributed by atoms with van der Waals surface area (Å²) in [4.78, 5) is 15.4. The van der Waals surface area contributed by atoms with E-state index in [9.17, 15) is 10.1 Å². The molecule has 132 valence electrons. The first-order chi connectivity index (χ1) is 12.6. The number of fused-ring (bicyclic) bond motifs is 3. The van der Waals surface area contributed by atoms with E-state index < -0.39 is 0 Å². The van der Waals surface area contributed by atoms with Crippen molar-refractivity contribution in [3.8, 4) is 6.07 Å². The molecule has 0 aromatic heterocycles. The fourth-order valence-electron chi connectivity index (χ4n) is 4.42. The first-order valence-electron chi connectivity index (χ1n) is 9.27. The van der Waals surface area contributed by atoms with Crippen LogP contribution >= 0.6 is 0 Å². The molecular formula is C22H23N3O. The molecule has 0 unspecified atom stereocenters. The van der Waals surface area contributed by atoms with E-state index in [-0.39, 0.29) is 11.9 Å². The lowest BCUT2D eigenvalue weighted by Crippen LogP contribution is -2.48. The predicted octanol–water partition coefficient (Wildman–Crippen LogP) is 3.14. The molecule has 0 radical (unpaired) electrons. The van der Waals surface area contributed by atoms with Gasteiger partial charge in [0.05, 0.1) is 17.7 Å². The van der Waals surface area contributed by atoms with Crippen LogP contribution in [-0.4, -0.2) is 29.9 Å². The average Bonchev–Trinajstić information content (AvgIpc) is 3.14. The maximum absolute atomic E-state index is 13.4. The lowest BCUT2D eigenvalue weighted by Gasteiger charge is -2.39. The molecule has 4 nitrogen and oxygen atoms in total.